The minimum absolute atomic E-state index is 0.140. The van der Waals surface area contributed by atoms with Gasteiger partial charge in [0.05, 0.1) is 5.69 Å². The molecule has 0 amide bonds. The SMILES string of the molecule is Cc1nn(C)c(Oc2ccc(C(C)(C)C)cc2)c1N. The molecule has 0 atom stereocenters. The first-order valence-electron chi connectivity index (χ1n) is 6.36. The quantitative estimate of drug-likeness (QED) is 0.899. The Morgan fingerprint density at radius 1 is 1.16 bits per heavy atom. The van der Waals surface area contributed by atoms with Gasteiger partial charge in [0.25, 0.3) is 0 Å². The minimum atomic E-state index is 0.140. The highest BCUT2D eigenvalue weighted by atomic mass is 16.5. The second-order valence-corrected chi connectivity index (χ2v) is 5.80. The summed E-state index contributed by atoms with van der Waals surface area (Å²) in [7, 11) is 1.82. The summed E-state index contributed by atoms with van der Waals surface area (Å²) in [5.74, 6) is 1.35. The fraction of sp³-hybridized carbons (Fsp3) is 0.400. The molecule has 0 fully saturated rings. The number of hydrogen-bond acceptors (Lipinski definition) is 3. The molecule has 4 heteroatoms. The van der Waals surface area contributed by atoms with E-state index < -0.39 is 0 Å². The number of rotatable bonds is 2. The molecule has 0 bridgehead atoms. The summed E-state index contributed by atoms with van der Waals surface area (Å²) in [6, 6.07) is 8.08. The lowest BCUT2D eigenvalue weighted by Gasteiger charge is -2.19. The molecule has 0 radical (unpaired) electrons. The van der Waals surface area contributed by atoms with E-state index in [1.807, 2.05) is 26.1 Å². The van der Waals surface area contributed by atoms with Crippen LogP contribution in [-0.4, -0.2) is 9.78 Å². The fourth-order valence-corrected chi connectivity index (χ4v) is 1.91. The first-order chi connectivity index (χ1) is 8.79. The number of aromatic nitrogens is 2. The van der Waals surface area contributed by atoms with E-state index in [4.69, 9.17) is 10.5 Å². The Labute approximate surface area is 114 Å². The molecular formula is C15H21N3O. The number of nitrogen functional groups attached to an aromatic ring is 1. The second-order valence-electron chi connectivity index (χ2n) is 5.80. The van der Waals surface area contributed by atoms with Crippen molar-refractivity contribution in [3.8, 4) is 11.6 Å². The Morgan fingerprint density at radius 2 is 1.74 bits per heavy atom. The van der Waals surface area contributed by atoms with Crippen LogP contribution in [0.5, 0.6) is 11.6 Å². The number of hydrogen-bond donors (Lipinski definition) is 1. The first kappa shape index (κ1) is 13.5. The van der Waals surface area contributed by atoms with Crippen molar-refractivity contribution in [3.05, 3.63) is 35.5 Å². The standard InChI is InChI=1S/C15H21N3O/c1-10-13(16)14(18(5)17-10)19-12-8-6-11(7-9-12)15(2,3)4/h6-9H,16H2,1-5H3. The van der Waals surface area contributed by atoms with Crippen molar-refractivity contribution < 1.29 is 4.74 Å². The lowest BCUT2D eigenvalue weighted by molar-refractivity contribution is 0.432. The summed E-state index contributed by atoms with van der Waals surface area (Å²) in [5.41, 5.74) is 8.72. The molecule has 0 saturated heterocycles. The summed E-state index contributed by atoms with van der Waals surface area (Å²) >= 11 is 0. The Bertz CT molecular complexity index is 577. The highest BCUT2D eigenvalue weighted by molar-refractivity contribution is 5.53. The van der Waals surface area contributed by atoms with Crippen LogP contribution in [0.4, 0.5) is 5.69 Å². The van der Waals surface area contributed by atoms with Crippen LogP contribution in [0.25, 0.3) is 0 Å². The van der Waals surface area contributed by atoms with Crippen molar-refractivity contribution in [3.63, 3.8) is 0 Å². The van der Waals surface area contributed by atoms with Gasteiger partial charge in [0.2, 0.25) is 5.88 Å². The van der Waals surface area contributed by atoms with Gasteiger partial charge in [-0.2, -0.15) is 5.10 Å². The van der Waals surface area contributed by atoms with Crippen LogP contribution in [-0.2, 0) is 12.5 Å². The van der Waals surface area contributed by atoms with E-state index in [9.17, 15) is 0 Å². The number of anilines is 1. The van der Waals surface area contributed by atoms with Gasteiger partial charge in [0, 0.05) is 7.05 Å². The average molecular weight is 259 g/mol. The molecule has 1 aromatic carbocycles. The van der Waals surface area contributed by atoms with Gasteiger partial charge < -0.3 is 10.5 Å². The maximum atomic E-state index is 5.94. The van der Waals surface area contributed by atoms with Gasteiger partial charge in [-0.05, 0) is 30.0 Å². The molecule has 0 spiro atoms. The van der Waals surface area contributed by atoms with E-state index in [0.29, 0.717) is 11.6 Å². The van der Waals surface area contributed by atoms with Crippen molar-refractivity contribution in [2.24, 2.45) is 7.05 Å². The highest BCUT2D eigenvalue weighted by Crippen LogP contribution is 2.30. The van der Waals surface area contributed by atoms with E-state index in [1.54, 1.807) is 4.68 Å². The van der Waals surface area contributed by atoms with Crippen molar-refractivity contribution in [1.29, 1.82) is 0 Å². The Kier molecular flexibility index (Phi) is 3.27. The molecule has 102 valence electrons. The third-order valence-corrected chi connectivity index (χ3v) is 3.15. The van der Waals surface area contributed by atoms with Crippen LogP contribution in [0, 0.1) is 6.92 Å². The van der Waals surface area contributed by atoms with E-state index in [1.165, 1.54) is 5.56 Å². The van der Waals surface area contributed by atoms with Gasteiger partial charge in [-0.3, -0.25) is 0 Å². The van der Waals surface area contributed by atoms with Crippen molar-refractivity contribution in [1.82, 2.24) is 9.78 Å². The molecular weight excluding hydrogens is 238 g/mol. The highest BCUT2D eigenvalue weighted by Gasteiger charge is 2.15. The van der Waals surface area contributed by atoms with Gasteiger partial charge in [-0.1, -0.05) is 32.9 Å². The maximum absolute atomic E-state index is 5.94. The van der Waals surface area contributed by atoms with Crippen LogP contribution in [0.1, 0.15) is 32.0 Å². The number of aryl methyl sites for hydroxylation is 2. The fourth-order valence-electron chi connectivity index (χ4n) is 1.91. The Balaban J connectivity index is 2.25. The molecule has 4 nitrogen and oxygen atoms in total. The molecule has 2 N–H and O–H groups in total. The molecule has 2 rings (SSSR count). The molecule has 0 aliphatic carbocycles. The van der Waals surface area contributed by atoms with Crippen molar-refractivity contribution >= 4 is 5.69 Å². The summed E-state index contributed by atoms with van der Waals surface area (Å²) in [5, 5.41) is 4.23. The van der Waals surface area contributed by atoms with Gasteiger partial charge in [-0.25, -0.2) is 4.68 Å². The summed E-state index contributed by atoms with van der Waals surface area (Å²) < 4.78 is 7.46. The number of nitrogens with zero attached hydrogens (tertiary/aromatic N) is 2. The monoisotopic (exact) mass is 259 g/mol. The Hall–Kier alpha value is -1.97. The maximum Gasteiger partial charge on any atom is 0.241 e. The lowest BCUT2D eigenvalue weighted by Crippen LogP contribution is -2.10. The molecule has 0 saturated carbocycles. The smallest absolute Gasteiger partial charge is 0.241 e. The predicted octanol–water partition coefficient (Wildman–Crippen LogP) is 3.40. The molecule has 19 heavy (non-hydrogen) atoms. The van der Waals surface area contributed by atoms with Crippen LogP contribution < -0.4 is 10.5 Å². The normalized spacial score (nSPS) is 11.6. The lowest BCUT2D eigenvalue weighted by atomic mass is 9.87. The third-order valence-electron chi connectivity index (χ3n) is 3.15. The summed E-state index contributed by atoms with van der Waals surface area (Å²) in [6.45, 7) is 8.42. The topological polar surface area (TPSA) is 53.1 Å². The summed E-state index contributed by atoms with van der Waals surface area (Å²) in [4.78, 5) is 0. The van der Waals surface area contributed by atoms with E-state index in [-0.39, 0.29) is 5.41 Å². The van der Waals surface area contributed by atoms with Crippen LogP contribution in [0.3, 0.4) is 0 Å². The average Bonchev–Trinajstić information content (AvgIpc) is 2.56. The van der Waals surface area contributed by atoms with Gasteiger partial charge in [0.15, 0.2) is 0 Å². The van der Waals surface area contributed by atoms with Crippen LogP contribution in [0.2, 0.25) is 0 Å². The van der Waals surface area contributed by atoms with Gasteiger partial charge >= 0.3 is 0 Å². The Morgan fingerprint density at radius 3 is 2.16 bits per heavy atom. The third kappa shape index (κ3) is 2.72. The van der Waals surface area contributed by atoms with Gasteiger partial charge in [0.1, 0.15) is 11.4 Å². The van der Waals surface area contributed by atoms with E-state index >= 15 is 0 Å². The van der Waals surface area contributed by atoms with E-state index in [0.717, 1.165) is 11.4 Å². The number of ether oxygens (including phenoxy) is 1. The summed E-state index contributed by atoms with van der Waals surface area (Å²) in [6.07, 6.45) is 0. The van der Waals surface area contributed by atoms with Crippen molar-refractivity contribution in [2.45, 2.75) is 33.1 Å². The largest absolute Gasteiger partial charge is 0.437 e. The molecule has 2 aromatic rings. The second kappa shape index (κ2) is 4.61. The zero-order valence-electron chi connectivity index (χ0n) is 12.2. The van der Waals surface area contributed by atoms with Crippen LogP contribution in [0.15, 0.2) is 24.3 Å². The van der Waals surface area contributed by atoms with Crippen molar-refractivity contribution in [2.75, 3.05) is 5.73 Å². The first-order valence-corrected chi connectivity index (χ1v) is 6.36. The predicted molar refractivity (Wildman–Crippen MR) is 77.6 cm³/mol. The minimum Gasteiger partial charge on any atom is -0.437 e. The zero-order valence-corrected chi connectivity index (χ0v) is 12.2. The van der Waals surface area contributed by atoms with Crippen LogP contribution >= 0.6 is 0 Å². The molecule has 0 unspecified atom stereocenters. The molecule has 0 aliphatic heterocycles. The zero-order chi connectivity index (χ0) is 14.2. The van der Waals surface area contributed by atoms with Gasteiger partial charge in [-0.15, -0.1) is 0 Å². The van der Waals surface area contributed by atoms with E-state index in [2.05, 4.69) is 38.0 Å². The number of nitrogens with two attached hydrogens (primary N) is 1. The molecule has 1 heterocycles. The molecule has 1 aromatic heterocycles. The molecule has 0 aliphatic rings. The number of benzene rings is 1.